The van der Waals surface area contributed by atoms with E-state index in [4.69, 9.17) is 0 Å². The van der Waals surface area contributed by atoms with Crippen molar-refractivity contribution in [2.75, 3.05) is 13.1 Å². The molecule has 3 N–H and O–H groups in total. The molecule has 1 spiro atoms. The summed E-state index contributed by atoms with van der Waals surface area (Å²) in [7, 11) is 0. The van der Waals surface area contributed by atoms with Crippen molar-refractivity contribution in [1.82, 2.24) is 10.6 Å². The number of fused-ring (bicyclic) bond motifs is 1. The molecule has 2 aliphatic heterocycles. The zero-order valence-electron chi connectivity index (χ0n) is 8.66. The largest absolute Gasteiger partial charge is 0.390 e. The Kier molecular flexibility index (Phi) is 2.06. The van der Waals surface area contributed by atoms with E-state index in [0.717, 1.165) is 19.5 Å². The standard InChI is InChI=1S/C12H16N2O/c15-11-7-13-8-12(11)5-9-3-1-2-4-10(9)6-14-12/h1-4,11,13-15H,5-8H2. The third-order valence-electron chi connectivity index (χ3n) is 3.67. The predicted molar refractivity (Wildman–Crippen MR) is 58.6 cm³/mol. The summed E-state index contributed by atoms with van der Waals surface area (Å²) in [6, 6.07) is 8.47. The van der Waals surface area contributed by atoms with Crippen molar-refractivity contribution in [2.45, 2.75) is 24.6 Å². The van der Waals surface area contributed by atoms with Gasteiger partial charge < -0.3 is 15.7 Å². The molecule has 0 radical (unpaired) electrons. The van der Waals surface area contributed by atoms with Crippen LogP contribution in [0.15, 0.2) is 24.3 Å². The lowest BCUT2D eigenvalue weighted by molar-refractivity contribution is 0.0942. The Balaban J connectivity index is 1.94. The van der Waals surface area contributed by atoms with Crippen LogP contribution in [0.25, 0.3) is 0 Å². The van der Waals surface area contributed by atoms with Gasteiger partial charge in [-0.25, -0.2) is 0 Å². The van der Waals surface area contributed by atoms with Crippen molar-refractivity contribution in [2.24, 2.45) is 0 Å². The minimum Gasteiger partial charge on any atom is -0.390 e. The molecule has 0 aliphatic carbocycles. The first-order valence-electron chi connectivity index (χ1n) is 5.51. The molecular weight excluding hydrogens is 188 g/mol. The van der Waals surface area contributed by atoms with E-state index in [1.807, 2.05) is 0 Å². The van der Waals surface area contributed by atoms with Crippen LogP contribution in [0.4, 0.5) is 0 Å². The summed E-state index contributed by atoms with van der Waals surface area (Å²) >= 11 is 0. The van der Waals surface area contributed by atoms with Gasteiger partial charge in [-0.3, -0.25) is 0 Å². The topological polar surface area (TPSA) is 44.3 Å². The quantitative estimate of drug-likeness (QED) is 0.559. The number of hydrogen-bond donors (Lipinski definition) is 3. The van der Waals surface area contributed by atoms with Gasteiger partial charge in [0.05, 0.1) is 11.6 Å². The minimum absolute atomic E-state index is 0.131. The molecule has 1 aromatic rings. The van der Waals surface area contributed by atoms with Crippen LogP contribution in [0.1, 0.15) is 11.1 Å². The number of β-amino-alcohol motifs (C(OH)–C–C–N with tert-alkyl or cyclic N) is 1. The third-order valence-corrected chi connectivity index (χ3v) is 3.67. The summed E-state index contributed by atoms with van der Waals surface area (Å²) in [5.74, 6) is 0. The van der Waals surface area contributed by atoms with Gasteiger partial charge in [0, 0.05) is 19.6 Å². The van der Waals surface area contributed by atoms with Crippen molar-refractivity contribution in [3.05, 3.63) is 35.4 Å². The molecule has 1 fully saturated rings. The summed E-state index contributed by atoms with van der Waals surface area (Å²) in [4.78, 5) is 0. The normalized spacial score (nSPS) is 34.3. The van der Waals surface area contributed by atoms with Gasteiger partial charge in [0.2, 0.25) is 0 Å². The highest BCUT2D eigenvalue weighted by atomic mass is 16.3. The molecule has 1 saturated heterocycles. The fourth-order valence-electron chi connectivity index (χ4n) is 2.68. The van der Waals surface area contributed by atoms with Crippen LogP contribution in [0.2, 0.25) is 0 Å². The minimum atomic E-state index is -0.272. The number of aliphatic hydroxyl groups is 1. The molecule has 3 heteroatoms. The Hall–Kier alpha value is -0.900. The number of benzene rings is 1. The van der Waals surface area contributed by atoms with Crippen LogP contribution >= 0.6 is 0 Å². The maximum atomic E-state index is 10.0. The Labute approximate surface area is 89.5 Å². The second-order valence-corrected chi connectivity index (χ2v) is 4.60. The smallest absolute Gasteiger partial charge is 0.0861 e. The number of rotatable bonds is 0. The van der Waals surface area contributed by atoms with E-state index < -0.39 is 0 Å². The van der Waals surface area contributed by atoms with Crippen LogP contribution in [-0.2, 0) is 13.0 Å². The fourth-order valence-corrected chi connectivity index (χ4v) is 2.68. The average molecular weight is 204 g/mol. The van der Waals surface area contributed by atoms with Gasteiger partial charge in [0.25, 0.3) is 0 Å². The van der Waals surface area contributed by atoms with E-state index in [1.165, 1.54) is 11.1 Å². The Morgan fingerprint density at radius 3 is 2.80 bits per heavy atom. The van der Waals surface area contributed by atoms with Gasteiger partial charge in [0.15, 0.2) is 0 Å². The second kappa shape index (κ2) is 3.30. The molecule has 2 atom stereocenters. The molecule has 80 valence electrons. The van der Waals surface area contributed by atoms with Crippen LogP contribution in [0.5, 0.6) is 0 Å². The van der Waals surface area contributed by atoms with E-state index in [0.29, 0.717) is 6.54 Å². The zero-order chi connectivity index (χ0) is 10.3. The third kappa shape index (κ3) is 1.39. The first-order valence-corrected chi connectivity index (χ1v) is 5.51. The number of aliphatic hydroxyl groups excluding tert-OH is 1. The Morgan fingerprint density at radius 1 is 1.27 bits per heavy atom. The van der Waals surface area contributed by atoms with Crippen molar-refractivity contribution in [3.8, 4) is 0 Å². The van der Waals surface area contributed by atoms with Gasteiger partial charge in [0.1, 0.15) is 0 Å². The molecule has 0 saturated carbocycles. The zero-order valence-corrected chi connectivity index (χ0v) is 8.66. The first-order chi connectivity index (χ1) is 7.30. The highest BCUT2D eigenvalue weighted by molar-refractivity contribution is 5.33. The Morgan fingerprint density at radius 2 is 2.07 bits per heavy atom. The second-order valence-electron chi connectivity index (χ2n) is 4.60. The van der Waals surface area contributed by atoms with E-state index >= 15 is 0 Å². The molecule has 2 aliphatic rings. The van der Waals surface area contributed by atoms with Crippen molar-refractivity contribution >= 4 is 0 Å². The summed E-state index contributed by atoms with van der Waals surface area (Å²) in [5.41, 5.74) is 2.61. The van der Waals surface area contributed by atoms with Crippen molar-refractivity contribution in [1.29, 1.82) is 0 Å². The molecular formula is C12H16N2O. The highest BCUT2D eigenvalue weighted by Gasteiger charge is 2.43. The summed E-state index contributed by atoms with van der Waals surface area (Å²) in [6.45, 7) is 2.44. The first kappa shape index (κ1) is 9.33. The van der Waals surface area contributed by atoms with Gasteiger partial charge in [-0.2, -0.15) is 0 Å². The molecule has 3 nitrogen and oxygen atoms in total. The van der Waals surface area contributed by atoms with Gasteiger partial charge in [-0.15, -0.1) is 0 Å². The lowest BCUT2D eigenvalue weighted by Gasteiger charge is -2.38. The van der Waals surface area contributed by atoms with Crippen LogP contribution in [0.3, 0.4) is 0 Å². The van der Waals surface area contributed by atoms with Crippen molar-refractivity contribution < 1.29 is 5.11 Å². The van der Waals surface area contributed by atoms with E-state index in [9.17, 15) is 5.11 Å². The molecule has 2 heterocycles. The molecule has 3 rings (SSSR count). The summed E-state index contributed by atoms with van der Waals surface area (Å²) < 4.78 is 0. The summed E-state index contributed by atoms with van der Waals surface area (Å²) in [5, 5.41) is 16.7. The van der Waals surface area contributed by atoms with Gasteiger partial charge in [-0.05, 0) is 17.5 Å². The molecule has 15 heavy (non-hydrogen) atoms. The van der Waals surface area contributed by atoms with E-state index in [-0.39, 0.29) is 11.6 Å². The number of hydrogen-bond acceptors (Lipinski definition) is 3. The van der Waals surface area contributed by atoms with Crippen molar-refractivity contribution in [3.63, 3.8) is 0 Å². The van der Waals surface area contributed by atoms with Crippen LogP contribution < -0.4 is 10.6 Å². The molecule has 2 unspecified atom stereocenters. The SMILES string of the molecule is OC1CNCC12Cc1ccccc1CN2. The molecule has 0 bridgehead atoms. The fraction of sp³-hybridized carbons (Fsp3) is 0.500. The van der Waals surface area contributed by atoms with E-state index in [1.54, 1.807) is 0 Å². The average Bonchev–Trinajstić information content (AvgIpc) is 2.60. The molecule has 0 aromatic heterocycles. The molecule has 1 aromatic carbocycles. The van der Waals surface area contributed by atoms with Crippen LogP contribution in [0, 0.1) is 0 Å². The Bertz CT molecular complexity index is 380. The van der Waals surface area contributed by atoms with E-state index in [2.05, 4.69) is 34.9 Å². The lowest BCUT2D eigenvalue weighted by atomic mass is 9.82. The molecule has 0 amide bonds. The van der Waals surface area contributed by atoms with Gasteiger partial charge >= 0.3 is 0 Å². The maximum Gasteiger partial charge on any atom is 0.0861 e. The number of nitrogens with one attached hydrogen (secondary N) is 2. The maximum absolute atomic E-state index is 10.0. The highest BCUT2D eigenvalue weighted by Crippen LogP contribution is 2.27. The summed E-state index contributed by atoms with van der Waals surface area (Å²) in [6.07, 6.45) is 0.656. The van der Waals surface area contributed by atoms with Gasteiger partial charge in [-0.1, -0.05) is 24.3 Å². The monoisotopic (exact) mass is 204 g/mol. The lowest BCUT2D eigenvalue weighted by Crippen LogP contribution is -2.58. The van der Waals surface area contributed by atoms with Crippen LogP contribution in [-0.4, -0.2) is 29.8 Å². The predicted octanol–water partition coefficient (Wildman–Crippen LogP) is 0.0352.